The molecular formula is C15H19FN2O3. The van der Waals surface area contributed by atoms with Crippen molar-refractivity contribution >= 4 is 17.7 Å². The van der Waals surface area contributed by atoms with Crippen LogP contribution in [0.2, 0.25) is 0 Å². The van der Waals surface area contributed by atoms with E-state index in [2.05, 4.69) is 5.32 Å². The highest BCUT2D eigenvalue weighted by Crippen LogP contribution is 2.33. The second kappa shape index (κ2) is 6.11. The van der Waals surface area contributed by atoms with Gasteiger partial charge in [0.15, 0.2) is 0 Å². The number of anilines is 1. The Balaban J connectivity index is 2.12. The quantitative estimate of drug-likeness (QED) is 0.897. The number of nitrogens with zero attached hydrogens (tertiary/aromatic N) is 1. The minimum Gasteiger partial charge on any atom is -0.481 e. The van der Waals surface area contributed by atoms with Gasteiger partial charge < -0.3 is 10.4 Å². The molecule has 2 N–H and O–H groups in total. The average molecular weight is 294 g/mol. The van der Waals surface area contributed by atoms with E-state index in [1.54, 1.807) is 12.1 Å². The molecule has 0 spiro atoms. The molecule has 1 fully saturated rings. The molecule has 0 radical (unpaired) electrons. The molecule has 2 amide bonds. The van der Waals surface area contributed by atoms with Crippen molar-refractivity contribution in [3.05, 3.63) is 30.1 Å². The third-order valence-electron chi connectivity index (χ3n) is 3.94. The first-order valence-corrected chi connectivity index (χ1v) is 6.96. The molecule has 1 saturated carbocycles. The van der Waals surface area contributed by atoms with E-state index in [1.165, 1.54) is 24.1 Å². The smallest absolute Gasteiger partial charge is 0.322 e. The van der Waals surface area contributed by atoms with Crippen molar-refractivity contribution in [1.29, 1.82) is 0 Å². The molecule has 21 heavy (non-hydrogen) atoms. The minimum absolute atomic E-state index is 0.107. The summed E-state index contributed by atoms with van der Waals surface area (Å²) in [5, 5.41) is 11.8. The molecule has 2 rings (SSSR count). The Morgan fingerprint density at radius 3 is 2.52 bits per heavy atom. The maximum Gasteiger partial charge on any atom is 0.322 e. The Kier molecular flexibility index (Phi) is 4.45. The Bertz CT molecular complexity index is 541. The van der Waals surface area contributed by atoms with Crippen molar-refractivity contribution in [2.45, 2.75) is 37.6 Å². The van der Waals surface area contributed by atoms with Crippen molar-refractivity contribution in [2.75, 3.05) is 11.9 Å². The molecule has 0 heterocycles. The number of aliphatic carboxylic acids is 1. The normalized spacial score (nSPS) is 16.5. The number of para-hydroxylation sites is 1. The molecule has 1 aromatic rings. The number of carboxylic acids is 1. The zero-order chi connectivity index (χ0) is 15.5. The van der Waals surface area contributed by atoms with Crippen LogP contribution in [0.15, 0.2) is 24.3 Å². The summed E-state index contributed by atoms with van der Waals surface area (Å²) in [5.41, 5.74) is -0.555. The number of carbonyl (C=O) groups is 2. The van der Waals surface area contributed by atoms with E-state index in [-0.39, 0.29) is 12.1 Å². The third kappa shape index (κ3) is 3.51. The predicted octanol–water partition coefficient (Wildman–Crippen LogP) is 2.76. The molecule has 1 aromatic carbocycles. The monoisotopic (exact) mass is 294 g/mol. The van der Waals surface area contributed by atoms with Crippen LogP contribution in [-0.2, 0) is 4.79 Å². The Morgan fingerprint density at radius 1 is 1.33 bits per heavy atom. The highest BCUT2D eigenvalue weighted by molar-refractivity contribution is 5.92. The Hall–Kier alpha value is -2.11. The van der Waals surface area contributed by atoms with Crippen molar-refractivity contribution < 1.29 is 19.1 Å². The standard InChI is InChI=1S/C15H19FN2O3/c1-18(12-7-3-2-6-11(12)16)14(21)17-15(10-13(19)20)8-4-5-9-15/h2-3,6-7H,4-5,8-10H2,1H3,(H,17,21)(H,19,20). The fraction of sp³-hybridized carbons (Fsp3) is 0.467. The fourth-order valence-electron chi connectivity index (χ4n) is 2.83. The fourth-order valence-corrected chi connectivity index (χ4v) is 2.83. The van der Waals surface area contributed by atoms with Crippen molar-refractivity contribution in [3.8, 4) is 0 Å². The van der Waals surface area contributed by atoms with Gasteiger partial charge in [-0.25, -0.2) is 9.18 Å². The van der Waals surface area contributed by atoms with Gasteiger partial charge in [-0.3, -0.25) is 9.69 Å². The van der Waals surface area contributed by atoms with Gasteiger partial charge in [-0.1, -0.05) is 25.0 Å². The van der Waals surface area contributed by atoms with Gasteiger partial charge >= 0.3 is 12.0 Å². The molecule has 5 nitrogen and oxygen atoms in total. The molecule has 0 aromatic heterocycles. The number of rotatable bonds is 4. The summed E-state index contributed by atoms with van der Waals surface area (Å²) in [6, 6.07) is 5.50. The molecule has 0 aliphatic heterocycles. The maximum absolute atomic E-state index is 13.7. The molecule has 114 valence electrons. The van der Waals surface area contributed by atoms with Crippen LogP contribution < -0.4 is 10.2 Å². The summed E-state index contributed by atoms with van der Waals surface area (Å²) in [6.07, 6.45) is 2.93. The SMILES string of the molecule is CN(C(=O)NC1(CC(=O)O)CCCC1)c1ccccc1F. The molecule has 6 heteroatoms. The number of hydrogen-bond donors (Lipinski definition) is 2. The lowest BCUT2D eigenvalue weighted by atomic mass is 9.93. The van der Waals surface area contributed by atoms with Gasteiger partial charge in [0, 0.05) is 7.05 Å². The molecule has 1 aliphatic carbocycles. The number of amides is 2. The van der Waals surface area contributed by atoms with Gasteiger partial charge in [0.25, 0.3) is 0 Å². The first-order valence-electron chi connectivity index (χ1n) is 6.96. The average Bonchev–Trinajstić information content (AvgIpc) is 2.85. The molecule has 0 bridgehead atoms. The molecule has 0 unspecified atom stereocenters. The zero-order valence-corrected chi connectivity index (χ0v) is 11.9. The van der Waals surface area contributed by atoms with E-state index in [1.807, 2.05) is 0 Å². The van der Waals surface area contributed by atoms with Crippen LogP contribution in [0.4, 0.5) is 14.9 Å². The van der Waals surface area contributed by atoms with Crippen molar-refractivity contribution in [1.82, 2.24) is 5.32 Å². The largest absolute Gasteiger partial charge is 0.481 e. The zero-order valence-electron chi connectivity index (χ0n) is 11.9. The Morgan fingerprint density at radius 2 is 1.95 bits per heavy atom. The van der Waals surface area contributed by atoms with E-state index in [0.29, 0.717) is 12.8 Å². The van der Waals surface area contributed by atoms with Crippen LogP contribution in [0.5, 0.6) is 0 Å². The summed E-state index contributed by atoms with van der Waals surface area (Å²) < 4.78 is 13.7. The van der Waals surface area contributed by atoms with Gasteiger partial charge in [-0.15, -0.1) is 0 Å². The number of benzene rings is 1. The molecule has 0 atom stereocenters. The number of nitrogens with one attached hydrogen (secondary N) is 1. The van der Waals surface area contributed by atoms with Gasteiger partial charge in [0.1, 0.15) is 5.82 Å². The van der Waals surface area contributed by atoms with Gasteiger partial charge in [0.05, 0.1) is 17.6 Å². The van der Waals surface area contributed by atoms with Gasteiger partial charge in [-0.2, -0.15) is 0 Å². The number of urea groups is 1. The summed E-state index contributed by atoms with van der Waals surface area (Å²) in [5.74, 6) is -1.43. The first-order chi connectivity index (χ1) is 9.93. The van der Waals surface area contributed by atoms with Crippen LogP contribution in [0.1, 0.15) is 32.1 Å². The van der Waals surface area contributed by atoms with Crippen LogP contribution in [-0.4, -0.2) is 29.7 Å². The third-order valence-corrected chi connectivity index (χ3v) is 3.94. The van der Waals surface area contributed by atoms with E-state index in [0.717, 1.165) is 12.8 Å². The Labute approximate surface area is 122 Å². The lowest BCUT2D eigenvalue weighted by molar-refractivity contribution is -0.138. The van der Waals surface area contributed by atoms with E-state index in [9.17, 15) is 14.0 Å². The van der Waals surface area contributed by atoms with E-state index < -0.39 is 23.4 Å². The summed E-state index contributed by atoms with van der Waals surface area (Å²) in [6.45, 7) is 0. The van der Waals surface area contributed by atoms with E-state index >= 15 is 0 Å². The lowest BCUT2D eigenvalue weighted by Crippen LogP contribution is -2.52. The minimum atomic E-state index is -0.939. The predicted molar refractivity (Wildman–Crippen MR) is 76.8 cm³/mol. The molecule has 1 aliphatic rings. The van der Waals surface area contributed by atoms with Gasteiger partial charge in [0.2, 0.25) is 0 Å². The maximum atomic E-state index is 13.7. The topological polar surface area (TPSA) is 69.6 Å². The molecule has 0 saturated heterocycles. The summed E-state index contributed by atoms with van der Waals surface area (Å²) in [4.78, 5) is 24.5. The number of carbonyl (C=O) groups excluding carboxylic acids is 1. The second-order valence-electron chi connectivity index (χ2n) is 5.50. The van der Waals surface area contributed by atoms with Crippen LogP contribution in [0.25, 0.3) is 0 Å². The summed E-state index contributed by atoms with van der Waals surface area (Å²) in [7, 11) is 1.47. The second-order valence-corrected chi connectivity index (χ2v) is 5.50. The lowest BCUT2D eigenvalue weighted by Gasteiger charge is -2.31. The summed E-state index contributed by atoms with van der Waals surface area (Å²) >= 11 is 0. The van der Waals surface area contributed by atoms with Crippen LogP contribution in [0.3, 0.4) is 0 Å². The van der Waals surface area contributed by atoms with Crippen molar-refractivity contribution in [3.63, 3.8) is 0 Å². The number of halogens is 1. The number of hydrogen-bond acceptors (Lipinski definition) is 2. The van der Waals surface area contributed by atoms with Crippen LogP contribution >= 0.6 is 0 Å². The van der Waals surface area contributed by atoms with Gasteiger partial charge in [-0.05, 0) is 25.0 Å². The molecular weight excluding hydrogens is 275 g/mol. The van der Waals surface area contributed by atoms with Crippen molar-refractivity contribution in [2.24, 2.45) is 0 Å². The number of carboxylic acid groups (broad SMARTS) is 1. The highest BCUT2D eigenvalue weighted by atomic mass is 19.1. The van der Waals surface area contributed by atoms with E-state index in [4.69, 9.17) is 5.11 Å². The first kappa shape index (κ1) is 15.3. The highest BCUT2D eigenvalue weighted by Gasteiger charge is 2.38. The van der Waals surface area contributed by atoms with Crippen LogP contribution in [0, 0.1) is 5.82 Å².